The van der Waals surface area contributed by atoms with E-state index in [1.807, 2.05) is 0 Å². The van der Waals surface area contributed by atoms with Crippen molar-refractivity contribution in [3.05, 3.63) is 17.1 Å². The van der Waals surface area contributed by atoms with Gasteiger partial charge in [0.05, 0.1) is 13.2 Å². The molecule has 0 amide bonds. The summed E-state index contributed by atoms with van der Waals surface area (Å²) in [6.07, 6.45) is 1.09. The summed E-state index contributed by atoms with van der Waals surface area (Å²) in [6.45, 7) is 2.87. The van der Waals surface area contributed by atoms with Crippen LogP contribution in [0.25, 0.3) is 0 Å². The van der Waals surface area contributed by atoms with Crippen molar-refractivity contribution in [3.8, 4) is 0 Å². The van der Waals surface area contributed by atoms with Crippen molar-refractivity contribution in [2.75, 3.05) is 13.7 Å². The van der Waals surface area contributed by atoms with Gasteiger partial charge in [0.1, 0.15) is 22.0 Å². The van der Waals surface area contributed by atoms with Gasteiger partial charge >= 0.3 is 5.97 Å². The summed E-state index contributed by atoms with van der Waals surface area (Å²) < 4.78 is 36.9. The van der Waals surface area contributed by atoms with E-state index in [4.69, 9.17) is 4.42 Å². The van der Waals surface area contributed by atoms with Crippen molar-refractivity contribution in [3.63, 3.8) is 0 Å². The van der Waals surface area contributed by atoms with Gasteiger partial charge in [-0.1, -0.05) is 0 Å². The number of sulfonamides is 1. The molecule has 0 radical (unpaired) electrons. The third-order valence-electron chi connectivity index (χ3n) is 3.51. The van der Waals surface area contributed by atoms with Gasteiger partial charge in [-0.25, -0.2) is 17.9 Å². The predicted molar refractivity (Wildman–Crippen MR) is 73.4 cm³/mol. The number of hydrogen-bond acceptors (Lipinski definition) is 6. The molecule has 1 aromatic rings. The molecule has 0 spiro atoms. The summed E-state index contributed by atoms with van der Waals surface area (Å²) in [5.74, 6) is -0.323. The lowest BCUT2D eigenvalue weighted by Crippen LogP contribution is -2.34. The largest absolute Gasteiger partial charge is 0.465 e. The van der Waals surface area contributed by atoms with Gasteiger partial charge in [0.2, 0.25) is 10.0 Å². The lowest BCUT2D eigenvalue weighted by atomic mass is 10.2. The average molecular weight is 317 g/mol. The highest BCUT2D eigenvalue weighted by atomic mass is 32.2. The molecular formula is C13H19NO6S. The van der Waals surface area contributed by atoms with Gasteiger partial charge < -0.3 is 14.3 Å². The maximum Gasteiger partial charge on any atom is 0.342 e. The third kappa shape index (κ3) is 3.28. The molecule has 0 saturated heterocycles. The molecule has 21 heavy (non-hydrogen) atoms. The average Bonchev–Trinajstić information content (AvgIpc) is 3.20. The number of methoxy groups -OCH3 is 1. The first-order chi connectivity index (χ1) is 9.77. The highest BCUT2D eigenvalue weighted by Gasteiger charge is 2.34. The Morgan fingerprint density at radius 2 is 2.05 bits per heavy atom. The number of hydrogen-bond donors (Lipinski definition) is 2. The SMILES string of the molecule is COC(=O)c1c(C)oc(C)c1S(=O)(=O)NCC(O)C1CC1. The predicted octanol–water partition coefficient (Wildman–Crippen LogP) is 0.732. The Morgan fingerprint density at radius 3 is 2.57 bits per heavy atom. The first-order valence-corrected chi connectivity index (χ1v) is 8.12. The van der Waals surface area contributed by atoms with Crippen molar-refractivity contribution < 1.29 is 27.5 Å². The van der Waals surface area contributed by atoms with Gasteiger partial charge in [-0.2, -0.15) is 0 Å². The maximum absolute atomic E-state index is 12.4. The zero-order valence-corrected chi connectivity index (χ0v) is 13.0. The third-order valence-corrected chi connectivity index (χ3v) is 5.09. The molecule has 8 heteroatoms. The number of furan rings is 1. The number of carbonyl (C=O) groups is 1. The molecule has 1 aliphatic rings. The van der Waals surface area contributed by atoms with Crippen molar-refractivity contribution >= 4 is 16.0 Å². The molecule has 1 aliphatic carbocycles. The summed E-state index contributed by atoms with van der Waals surface area (Å²) >= 11 is 0. The summed E-state index contributed by atoms with van der Waals surface area (Å²) in [6, 6.07) is 0. The lowest BCUT2D eigenvalue weighted by Gasteiger charge is -2.11. The van der Waals surface area contributed by atoms with Crippen LogP contribution in [0, 0.1) is 19.8 Å². The molecule has 7 nitrogen and oxygen atoms in total. The van der Waals surface area contributed by atoms with Crippen molar-refractivity contribution in [2.24, 2.45) is 5.92 Å². The van der Waals surface area contributed by atoms with Crippen LogP contribution in [0.3, 0.4) is 0 Å². The molecule has 1 aromatic heterocycles. The van der Waals surface area contributed by atoms with Crippen LogP contribution in [0.2, 0.25) is 0 Å². The number of ether oxygens (including phenoxy) is 1. The first kappa shape index (κ1) is 16.0. The van der Waals surface area contributed by atoms with Crippen LogP contribution >= 0.6 is 0 Å². The fraction of sp³-hybridized carbons (Fsp3) is 0.615. The van der Waals surface area contributed by atoms with Crippen LogP contribution in [0.1, 0.15) is 34.7 Å². The fourth-order valence-corrected chi connectivity index (χ4v) is 3.69. The number of aliphatic hydroxyl groups is 1. The van der Waals surface area contributed by atoms with E-state index >= 15 is 0 Å². The number of carbonyl (C=O) groups excluding carboxylic acids is 1. The Bertz CT molecular complexity index is 644. The quantitative estimate of drug-likeness (QED) is 0.749. The fourth-order valence-electron chi connectivity index (χ4n) is 2.24. The van der Waals surface area contributed by atoms with Gasteiger partial charge in [0.25, 0.3) is 0 Å². The van der Waals surface area contributed by atoms with Gasteiger partial charge in [-0.3, -0.25) is 0 Å². The minimum absolute atomic E-state index is 0.0860. The monoisotopic (exact) mass is 317 g/mol. The molecule has 1 fully saturated rings. The Kier molecular flexibility index (Phi) is 4.40. The molecule has 1 unspecified atom stereocenters. The van der Waals surface area contributed by atoms with Crippen LogP contribution in [-0.4, -0.2) is 39.3 Å². The smallest absolute Gasteiger partial charge is 0.342 e. The molecule has 1 saturated carbocycles. The molecule has 0 aliphatic heterocycles. The molecule has 1 heterocycles. The summed E-state index contributed by atoms with van der Waals surface area (Å²) in [7, 11) is -2.79. The van der Waals surface area contributed by atoms with Crippen molar-refractivity contribution in [1.82, 2.24) is 4.72 Å². The summed E-state index contributed by atoms with van der Waals surface area (Å²) in [5.41, 5.74) is -0.108. The maximum atomic E-state index is 12.4. The highest BCUT2D eigenvalue weighted by Crippen LogP contribution is 2.32. The van der Waals surface area contributed by atoms with E-state index in [2.05, 4.69) is 9.46 Å². The second kappa shape index (κ2) is 5.78. The number of nitrogens with one attached hydrogen (secondary N) is 1. The molecule has 118 valence electrons. The molecule has 2 rings (SSSR count). The first-order valence-electron chi connectivity index (χ1n) is 6.64. The minimum atomic E-state index is -3.96. The van der Waals surface area contributed by atoms with E-state index in [1.165, 1.54) is 21.0 Å². The normalized spacial score (nSPS) is 16.8. The Labute approximate surface area is 123 Å². The highest BCUT2D eigenvalue weighted by molar-refractivity contribution is 7.89. The van der Waals surface area contributed by atoms with Gasteiger partial charge in [-0.05, 0) is 32.6 Å². The second-order valence-corrected chi connectivity index (χ2v) is 6.87. The summed E-state index contributed by atoms with van der Waals surface area (Å²) in [4.78, 5) is 11.5. The van der Waals surface area contributed by atoms with E-state index in [-0.39, 0.29) is 34.4 Å². The lowest BCUT2D eigenvalue weighted by molar-refractivity contribution is 0.0595. The number of esters is 1. The van der Waals surface area contributed by atoms with Gasteiger partial charge in [-0.15, -0.1) is 0 Å². The van der Waals surface area contributed by atoms with E-state index in [0.29, 0.717) is 0 Å². The minimum Gasteiger partial charge on any atom is -0.465 e. The molecule has 2 N–H and O–H groups in total. The number of rotatable bonds is 6. The Balaban J connectivity index is 2.28. The molecular weight excluding hydrogens is 298 g/mol. The zero-order valence-electron chi connectivity index (χ0n) is 12.2. The number of aryl methyl sites for hydroxylation is 2. The van der Waals surface area contributed by atoms with E-state index in [9.17, 15) is 18.3 Å². The Morgan fingerprint density at radius 1 is 1.43 bits per heavy atom. The summed E-state index contributed by atoms with van der Waals surface area (Å²) in [5, 5.41) is 9.76. The number of aliphatic hydroxyl groups excluding tert-OH is 1. The van der Waals surface area contributed by atoms with Gasteiger partial charge in [0, 0.05) is 6.54 Å². The van der Waals surface area contributed by atoms with Crippen LogP contribution in [0.15, 0.2) is 9.31 Å². The zero-order chi connectivity index (χ0) is 15.8. The Hall–Kier alpha value is -1.38. The van der Waals surface area contributed by atoms with Crippen LogP contribution in [0.4, 0.5) is 0 Å². The van der Waals surface area contributed by atoms with E-state index < -0.39 is 22.1 Å². The van der Waals surface area contributed by atoms with Crippen LogP contribution in [0.5, 0.6) is 0 Å². The van der Waals surface area contributed by atoms with Crippen molar-refractivity contribution in [2.45, 2.75) is 37.7 Å². The van der Waals surface area contributed by atoms with E-state index in [0.717, 1.165) is 12.8 Å². The van der Waals surface area contributed by atoms with Crippen molar-refractivity contribution in [1.29, 1.82) is 0 Å². The standard InChI is InChI=1S/C13H19NO6S/c1-7-11(13(16)19-3)12(8(2)20-7)21(17,18)14-6-10(15)9-4-5-9/h9-10,14-15H,4-6H2,1-3H3. The van der Waals surface area contributed by atoms with Gasteiger partial charge in [0.15, 0.2) is 0 Å². The topological polar surface area (TPSA) is 106 Å². The molecule has 1 atom stereocenters. The van der Waals surface area contributed by atoms with Crippen LogP contribution in [-0.2, 0) is 14.8 Å². The molecule has 0 aromatic carbocycles. The van der Waals surface area contributed by atoms with Crippen LogP contribution < -0.4 is 4.72 Å². The molecule has 0 bridgehead atoms. The van der Waals surface area contributed by atoms with E-state index in [1.54, 1.807) is 0 Å². The second-order valence-electron chi connectivity index (χ2n) is 5.17.